The van der Waals surface area contributed by atoms with Crippen LogP contribution in [0.1, 0.15) is 55.3 Å². The third kappa shape index (κ3) is 9.92. The van der Waals surface area contributed by atoms with Gasteiger partial charge in [0.15, 0.2) is 12.6 Å². The van der Waals surface area contributed by atoms with Crippen LogP contribution in [-0.2, 0) is 28.5 Å². The molecule has 256 valence electrons. The topological polar surface area (TPSA) is 254 Å². The molecule has 16 nitrogen and oxygen atoms in total. The van der Waals surface area contributed by atoms with Crippen LogP contribution in [0.3, 0.4) is 0 Å². The third-order valence-corrected chi connectivity index (χ3v) is 7.80. The van der Waals surface area contributed by atoms with E-state index >= 15 is 0 Å². The SMILES string of the molecule is COC(=O)CCCCCCCCO[C@@H]1OC(CO)[C@H](OC2OC(CO)[C@@H](O)C(O)C2O)C(O)C1NC(=O)c1ccc(O)cc1O. The minimum absolute atomic E-state index is 0.146. The van der Waals surface area contributed by atoms with Gasteiger partial charge >= 0.3 is 5.97 Å². The Kier molecular flexibility index (Phi) is 14.6. The van der Waals surface area contributed by atoms with E-state index in [9.17, 15) is 50.4 Å². The maximum absolute atomic E-state index is 13.1. The molecule has 2 aliphatic heterocycles. The van der Waals surface area contributed by atoms with Crippen molar-refractivity contribution < 1.29 is 74.1 Å². The molecule has 1 aromatic carbocycles. The van der Waals surface area contributed by atoms with Crippen molar-refractivity contribution in [1.29, 1.82) is 0 Å². The summed E-state index contributed by atoms with van der Waals surface area (Å²) >= 11 is 0. The lowest BCUT2D eigenvalue weighted by atomic mass is 9.95. The number of esters is 1. The van der Waals surface area contributed by atoms with E-state index in [1.807, 2.05) is 0 Å². The second-order valence-corrected chi connectivity index (χ2v) is 11.0. The molecule has 0 radical (unpaired) electrons. The van der Waals surface area contributed by atoms with E-state index in [2.05, 4.69) is 10.1 Å². The molecule has 9 N–H and O–H groups in total. The Morgan fingerprint density at radius 1 is 0.822 bits per heavy atom. The van der Waals surface area contributed by atoms with Gasteiger partial charge in [-0.2, -0.15) is 0 Å². The molecule has 7 unspecified atom stereocenters. The van der Waals surface area contributed by atoms with Gasteiger partial charge in [0.1, 0.15) is 60.3 Å². The largest absolute Gasteiger partial charge is 0.508 e. The summed E-state index contributed by atoms with van der Waals surface area (Å²) in [6.45, 7) is -1.28. The summed E-state index contributed by atoms with van der Waals surface area (Å²) in [6.07, 6.45) is -8.90. The Hall–Kier alpha value is -2.64. The molecule has 1 amide bonds. The van der Waals surface area contributed by atoms with Crippen molar-refractivity contribution in [3.63, 3.8) is 0 Å². The molecule has 2 saturated heterocycles. The molecule has 0 spiro atoms. The van der Waals surface area contributed by atoms with Gasteiger partial charge in [-0.05, 0) is 25.0 Å². The molecule has 2 heterocycles. The first-order valence-electron chi connectivity index (χ1n) is 14.9. The molecule has 45 heavy (non-hydrogen) atoms. The molecule has 0 saturated carbocycles. The zero-order valence-electron chi connectivity index (χ0n) is 25.0. The van der Waals surface area contributed by atoms with Gasteiger partial charge in [-0.15, -0.1) is 0 Å². The highest BCUT2D eigenvalue weighted by Crippen LogP contribution is 2.31. The fraction of sp³-hybridized carbons (Fsp3) is 0.724. The van der Waals surface area contributed by atoms with Crippen LogP contribution >= 0.6 is 0 Å². The normalized spacial score (nSPS) is 31.8. The number of phenols is 2. The Morgan fingerprint density at radius 3 is 2.11 bits per heavy atom. The number of aromatic hydroxyl groups is 2. The standard InChI is InChI=1S/C29H45NO15/c1-41-20(35)8-6-4-2-3-5-7-11-42-28-21(30-27(40)16-10-9-15(33)12-17(16)34)23(37)26(19(14-32)44-28)45-29-25(39)24(38)22(36)18(13-31)43-29/h9-10,12,18-19,21-26,28-29,31-34,36-39H,2-8,11,13-14H2,1H3,(H,30,40)/t18?,19?,21?,22-,23?,24?,25?,26+,28-,29?/m1/s1. The number of aliphatic hydroxyl groups is 6. The predicted octanol–water partition coefficient (Wildman–Crippen LogP) is -1.62. The lowest BCUT2D eigenvalue weighted by Crippen LogP contribution is -2.67. The number of aliphatic hydroxyl groups excluding tert-OH is 6. The van der Waals surface area contributed by atoms with Crippen molar-refractivity contribution in [3.8, 4) is 11.5 Å². The van der Waals surface area contributed by atoms with Gasteiger partial charge in [0.05, 0.1) is 25.9 Å². The Balaban J connectivity index is 1.69. The zero-order valence-corrected chi connectivity index (χ0v) is 25.0. The predicted molar refractivity (Wildman–Crippen MR) is 152 cm³/mol. The Labute approximate surface area is 260 Å². The average Bonchev–Trinajstić information content (AvgIpc) is 3.02. The molecule has 1 aromatic rings. The van der Waals surface area contributed by atoms with Crippen molar-refractivity contribution in [2.45, 2.75) is 106 Å². The molecule has 0 aliphatic carbocycles. The van der Waals surface area contributed by atoms with Crippen LogP contribution in [0.15, 0.2) is 18.2 Å². The van der Waals surface area contributed by atoms with Crippen LogP contribution in [0.25, 0.3) is 0 Å². The number of amides is 1. The lowest BCUT2D eigenvalue weighted by molar-refractivity contribution is -0.348. The first-order chi connectivity index (χ1) is 21.5. The van der Waals surface area contributed by atoms with Gasteiger partial charge in [0.2, 0.25) is 0 Å². The van der Waals surface area contributed by atoms with Crippen LogP contribution in [0.5, 0.6) is 11.5 Å². The van der Waals surface area contributed by atoms with Gasteiger partial charge in [0.25, 0.3) is 5.91 Å². The van der Waals surface area contributed by atoms with Gasteiger partial charge in [-0.1, -0.05) is 25.7 Å². The van der Waals surface area contributed by atoms with Crippen LogP contribution < -0.4 is 5.32 Å². The molecule has 0 aromatic heterocycles. The van der Waals surface area contributed by atoms with Crippen molar-refractivity contribution in [3.05, 3.63) is 23.8 Å². The van der Waals surface area contributed by atoms with Crippen LogP contribution in [0.4, 0.5) is 0 Å². The summed E-state index contributed by atoms with van der Waals surface area (Å²) < 4.78 is 27.5. The van der Waals surface area contributed by atoms with Crippen molar-refractivity contribution in [2.24, 2.45) is 0 Å². The number of nitrogens with one attached hydrogen (secondary N) is 1. The molecule has 16 heteroatoms. The minimum Gasteiger partial charge on any atom is -0.508 e. The number of hydrogen-bond acceptors (Lipinski definition) is 15. The quantitative estimate of drug-likeness (QED) is 0.0722. The molecule has 2 aliphatic rings. The zero-order chi connectivity index (χ0) is 33.1. The van der Waals surface area contributed by atoms with Crippen molar-refractivity contribution >= 4 is 11.9 Å². The summed E-state index contributed by atoms with van der Waals surface area (Å²) in [7, 11) is 1.35. The van der Waals surface area contributed by atoms with E-state index in [-0.39, 0.29) is 23.9 Å². The minimum atomic E-state index is -1.81. The van der Waals surface area contributed by atoms with E-state index in [0.29, 0.717) is 12.8 Å². The maximum Gasteiger partial charge on any atom is 0.305 e. The van der Waals surface area contributed by atoms with Gasteiger partial charge in [-0.25, -0.2) is 0 Å². The first kappa shape index (κ1) is 36.8. The number of phenolic OH excluding ortho intramolecular Hbond substituents is 2. The number of benzene rings is 1. The van der Waals surface area contributed by atoms with Crippen LogP contribution in [0, 0.1) is 0 Å². The van der Waals surface area contributed by atoms with Crippen molar-refractivity contribution in [1.82, 2.24) is 5.32 Å². The van der Waals surface area contributed by atoms with Gasteiger partial charge < -0.3 is 69.9 Å². The maximum atomic E-state index is 13.1. The Bertz CT molecular complexity index is 1070. The van der Waals surface area contributed by atoms with Crippen LogP contribution in [-0.4, -0.2) is 141 Å². The first-order valence-corrected chi connectivity index (χ1v) is 14.9. The third-order valence-electron chi connectivity index (χ3n) is 7.80. The van der Waals surface area contributed by atoms with Crippen molar-refractivity contribution in [2.75, 3.05) is 26.9 Å². The van der Waals surface area contributed by atoms with Gasteiger partial charge in [-0.3, -0.25) is 9.59 Å². The molecular formula is C29H45NO15. The molecule has 2 fully saturated rings. The highest BCUT2D eigenvalue weighted by atomic mass is 16.7. The highest BCUT2D eigenvalue weighted by Gasteiger charge is 2.51. The second kappa shape index (κ2) is 17.9. The number of carbonyl (C=O) groups is 2. The highest BCUT2D eigenvalue weighted by molar-refractivity contribution is 5.97. The number of ether oxygens (including phenoxy) is 5. The van der Waals surface area contributed by atoms with Crippen LogP contribution in [0.2, 0.25) is 0 Å². The van der Waals surface area contributed by atoms with E-state index in [4.69, 9.17) is 18.9 Å². The van der Waals surface area contributed by atoms with E-state index in [1.165, 1.54) is 13.2 Å². The summed E-state index contributed by atoms with van der Waals surface area (Å²) in [4.78, 5) is 24.3. The summed E-state index contributed by atoms with van der Waals surface area (Å²) in [5.74, 6) is -1.93. The summed E-state index contributed by atoms with van der Waals surface area (Å²) in [5, 5.41) is 84.0. The number of unbranched alkanes of at least 4 members (excludes halogenated alkanes) is 5. The van der Waals surface area contributed by atoms with E-state index < -0.39 is 86.2 Å². The average molecular weight is 648 g/mol. The van der Waals surface area contributed by atoms with E-state index in [1.54, 1.807) is 0 Å². The fourth-order valence-electron chi connectivity index (χ4n) is 5.19. The number of hydrogen-bond donors (Lipinski definition) is 9. The second-order valence-electron chi connectivity index (χ2n) is 11.0. The number of carbonyl (C=O) groups excluding carboxylic acids is 2. The lowest BCUT2D eigenvalue weighted by Gasteiger charge is -2.47. The number of methoxy groups -OCH3 is 1. The summed E-state index contributed by atoms with van der Waals surface area (Å²) in [5.41, 5.74) is -0.235. The fourth-order valence-corrected chi connectivity index (χ4v) is 5.19. The smallest absolute Gasteiger partial charge is 0.305 e. The molecule has 3 rings (SSSR count). The molecular weight excluding hydrogens is 602 g/mol. The molecule has 0 bridgehead atoms. The monoisotopic (exact) mass is 647 g/mol. The van der Waals surface area contributed by atoms with Gasteiger partial charge in [0, 0.05) is 19.1 Å². The molecule has 10 atom stereocenters. The Morgan fingerprint density at radius 2 is 1.47 bits per heavy atom. The van der Waals surface area contributed by atoms with E-state index in [0.717, 1.165) is 44.2 Å². The summed E-state index contributed by atoms with van der Waals surface area (Å²) in [6, 6.07) is 1.94. The number of rotatable bonds is 16.